The standard InChI is InChI=1S/C13H18N2O2/c1-2-11(8-16)15-13(17)10-3-4-12-9(7-10)5-6-14-12/h3-4,7,11,14,16H,2,5-6,8H2,1H3,(H,15,17)/t11-/m1/s1. The minimum Gasteiger partial charge on any atom is -0.394 e. The number of hydrogen-bond donors (Lipinski definition) is 3. The van der Waals surface area contributed by atoms with Gasteiger partial charge in [0, 0.05) is 17.8 Å². The molecule has 0 radical (unpaired) electrons. The third-order valence-corrected chi connectivity index (χ3v) is 3.13. The Balaban J connectivity index is 2.09. The summed E-state index contributed by atoms with van der Waals surface area (Å²) >= 11 is 0. The zero-order valence-electron chi connectivity index (χ0n) is 9.99. The Morgan fingerprint density at radius 3 is 3.12 bits per heavy atom. The molecule has 0 unspecified atom stereocenters. The molecule has 1 aliphatic heterocycles. The first kappa shape index (κ1) is 11.9. The van der Waals surface area contributed by atoms with E-state index >= 15 is 0 Å². The van der Waals surface area contributed by atoms with Crippen molar-refractivity contribution in [1.82, 2.24) is 5.32 Å². The zero-order valence-corrected chi connectivity index (χ0v) is 9.99. The number of benzene rings is 1. The highest BCUT2D eigenvalue weighted by Crippen LogP contribution is 2.22. The Morgan fingerprint density at radius 1 is 1.59 bits per heavy atom. The summed E-state index contributed by atoms with van der Waals surface area (Å²) in [7, 11) is 0. The number of aliphatic hydroxyl groups is 1. The molecule has 0 spiro atoms. The van der Waals surface area contributed by atoms with E-state index in [0.717, 1.165) is 25.1 Å². The fraction of sp³-hybridized carbons (Fsp3) is 0.462. The van der Waals surface area contributed by atoms with Gasteiger partial charge in [-0.15, -0.1) is 0 Å². The zero-order chi connectivity index (χ0) is 12.3. The number of carbonyl (C=O) groups excluding carboxylic acids is 1. The fourth-order valence-corrected chi connectivity index (χ4v) is 1.99. The van der Waals surface area contributed by atoms with Crippen LogP contribution in [0.4, 0.5) is 5.69 Å². The lowest BCUT2D eigenvalue weighted by molar-refractivity contribution is 0.0915. The van der Waals surface area contributed by atoms with Gasteiger partial charge < -0.3 is 15.7 Å². The van der Waals surface area contributed by atoms with Crippen LogP contribution in [-0.2, 0) is 6.42 Å². The average molecular weight is 234 g/mol. The smallest absolute Gasteiger partial charge is 0.251 e. The van der Waals surface area contributed by atoms with E-state index < -0.39 is 0 Å². The first-order valence-electron chi connectivity index (χ1n) is 6.03. The number of fused-ring (bicyclic) bond motifs is 1. The molecule has 4 heteroatoms. The van der Waals surface area contributed by atoms with Crippen molar-refractivity contribution in [3.05, 3.63) is 29.3 Å². The monoisotopic (exact) mass is 234 g/mol. The number of rotatable bonds is 4. The van der Waals surface area contributed by atoms with Gasteiger partial charge in [-0.25, -0.2) is 0 Å². The summed E-state index contributed by atoms with van der Waals surface area (Å²) in [4.78, 5) is 11.9. The highest BCUT2D eigenvalue weighted by molar-refractivity contribution is 5.95. The summed E-state index contributed by atoms with van der Waals surface area (Å²) in [5.41, 5.74) is 2.98. The quantitative estimate of drug-likeness (QED) is 0.732. The molecule has 1 aromatic rings. The summed E-state index contributed by atoms with van der Waals surface area (Å²) < 4.78 is 0. The van der Waals surface area contributed by atoms with E-state index in [-0.39, 0.29) is 18.6 Å². The van der Waals surface area contributed by atoms with Crippen molar-refractivity contribution in [3.63, 3.8) is 0 Å². The Labute approximate surface area is 101 Å². The van der Waals surface area contributed by atoms with Gasteiger partial charge in [0.15, 0.2) is 0 Å². The molecule has 2 rings (SSSR count). The van der Waals surface area contributed by atoms with Gasteiger partial charge in [0.25, 0.3) is 5.91 Å². The van der Waals surface area contributed by atoms with E-state index in [1.54, 1.807) is 0 Å². The topological polar surface area (TPSA) is 61.4 Å². The molecule has 4 nitrogen and oxygen atoms in total. The van der Waals surface area contributed by atoms with Gasteiger partial charge in [0.05, 0.1) is 12.6 Å². The molecule has 1 amide bonds. The maximum Gasteiger partial charge on any atom is 0.251 e. The van der Waals surface area contributed by atoms with Gasteiger partial charge in [-0.05, 0) is 36.6 Å². The van der Waals surface area contributed by atoms with Gasteiger partial charge >= 0.3 is 0 Å². The molecule has 0 aromatic heterocycles. The van der Waals surface area contributed by atoms with E-state index in [1.807, 2.05) is 25.1 Å². The van der Waals surface area contributed by atoms with E-state index in [4.69, 9.17) is 5.11 Å². The summed E-state index contributed by atoms with van der Waals surface area (Å²) in [6, 6.07) is 5.52. The largest absolute Gasteiger partial charge is 0.394 e. The van der Waals surface area contributed by atoms with Crippen molar-refractivity contribution in [1.29, 1.82) is 0 Å². The van der Waals surface area contributed by atoms with Crippen LogP contribution in [-0.4, -0.2) is 30.2 Å². The van der Waals surface area contributed by atoms with Crippen molar-refractivity contribution in [2.75, 3.05) is 18.5 Å². The van der Waals surface area contributed by atoms with Gasteiger partial charge in [0.1, 0.15) is 0 Å². The van der Waals surface area contributed by atoms with Crippen LogP contribution in [0, 0.1) is 0 Å². The molecule has 1 heterocycles. The van der Waals surface area contributed by atoms with Gasteiger partial charge in [-0.1, -0.05) is 6.92 Å². The minimum atomic E-state index is -0.158. The summed E-state index contributed by atoms with van der Waals surface area (Å²) in [6.45, 7) is 2.86. The molecule has 0 bridgehead atoms. The SMILES string of the molecule is CC[C@H](CO)NC(=O)c1ccc2c(c1)CCN2. The van der Waals surface area contributed by atoms with Crippen LogP contribution >= 0.6 is 0 Å². The van der Waals surface area contributed by atoms with Gasteiger partial charge in [-0.2, -0.15) is 0 Å². The van der Waals surface area contributed by atoms with Crippen LogP contribution in [0.1, 0.15) is 29.3 Å². The molecule has 3 N–H and O–H groups in total. The molecule has 0 aliphatic carbocycles. The van der Waals surface area contributed by atoms with Crippen LogP contribution in [0.25, 0.3) is 0 Å². The van der Waals surface area contributed by atoms with Gasteiger partial charge in [0.2, 0.25) is 0 Å². The molecule has 1 atom stereocenters. The Kier molecular flexibility index (Phi) is 3.64. The Hall–Kier alpha value is -1.55. The second-order valence-corrected chi connectivity index (χ2v) is 4.31. The van der Waals surface area contributed by atoms with Crippen LogP contribution in [0.2, 0.25) is 0 Å². The molecule has 0 saturated carbocycles. The minimum absolute atomic E-state index is 0.0191. The summed E-state index contributed by atoms with van der Waals surface area (Å²) in [5, 5.41) is 15.1. The van der Waals surface area contributed by atoms with Crippen molar-refractivity contribution >= 4 is 11.6 Å². The normalized spacial score (nSPS) is 14.9. The number of aliphatic hydroxyl groups excluding tert-OH is 1. The van der Waals surface area contributed by atoms with E-state index in [2.05, 4.69) is 10.6 Å². The average Bonchev–Trinajstić information content (AvgIpc) is 2.82. The first-order chi connectivity index (χ1) is 8.24. The van der Waals surface area contributed by atoms with E-state index in [1.165, 1.54) is 5.56 Å². The maximum atomic E-state index is 11.9. The third-order valence-electron chi connectivity index (χ3n) is 3.13. The number of carbonyl (C=O) groups is 1. The molecular weight excluding hydrogens is 216 g/mol. The maximum absolute atomic E-state index is 11.9. The van der Waals surface area contributed by atoms with Crippen LogP contribution < -0.4 is 10.6 Å². The molecule has 17 heavy (non-hydrogen) atoms. The second-order valence-electron chi connectivity index (χ2n) is 4.31. The molecule has 0 fully saturated rings. The lowest BCUT2D eigenvalue weighted by atomic mass is 10.1. The number of amides is 1. The fourth-order valence-electron chi connectivity index (χ4n) is 1.99. The molecule has 92 valence electrons. The van der Waals surface area contributed by atoms with E-state index in [9.17, 15) is 4.79 Å². The Bertz CT molecular complexity index is 414. The lowest BCUT2D eigenvalue weighted by Crippen LogP contribution is -2.36. The second kappa shape index (κ2) is 5.19. The highest BCUT2D eigenvalue weighted by atomic mass is 16.3. The van der Waals surface area contributed by atoms with Gasteiger partial charge in [-0.3, -0.25) is 4.79 Å². The predicted molar refractivity (Wildman–Crippen MR) is 67.3 cm³/mol. The van der Waals surface area contributed by atoms with Crippen LogP contribution in [0.5, 0.6) is 0 Å². The van der Waals surface area contributed by atoms with E-state index in [0.29, 0.717) is 5.56 Å². The van der Waals surface area contributed by atoms with Crippen LogP contribution in [0.3, 0.4) is 0 Å². The third kappa shape index (κ3) is 2.58. The first-order valence-corrected chi connectivity index (χ1v) is 6.03. The van der Waals surface area contributed by atoms with Crippen molar-refractivity contribution in [2.24, 2.45) is 0 Å². The number of hydrogen-bond acceptors (Lipinski definition) is 3. The van der Waals surface area contributed by atoms with Crippen molar-refractivity contribution in [3.8, 4) is 0 Å². The summed E-state index contributed by atoms with van der Waals surface area (Å²) in [6.07, 6.45) is 1.70. The number of anilines is 1. The predicted octanol–water partition coefficient (Wildman–Crippen LogP) is 1.16. The van der Waals surface area contributed by atoms with Crippen molar-refractivity contribution < 1.29 is 9.90 Å². The molecule has 1 aliphatic rings. The van der Waals surface area contributed by atoms with Crippen molar-refractivity contribution in [2.45, 2.75) is 25.8 Å². The Morgan fingerprint density at radius 2 is 2.41 bits per heavy atom. The molecule has 0 saturated heterocycles. The molecule has 1 aromatic carbocycles. The number of nitrogens with one attached hydrogen (secondary N) is 2. The van der Waals surface area contributed by atoms with Crippen LogP contribution in [0.15, 0.2) is 18.2 Å². The molecular formula is C13H18N2O2. The highest BCUT2D eigenvalue weighted by Gasteiger charge is 2.15. The lowest BCUT2D eigenvalue weighted by Gasteiger charge is -2.14. The summed E-state index contributed by atoms with van der Waals surface area (Å²) in [5.74, 6) is -0.111.